The van der Waals surface area contributed by atoms with E-state index in [0.717, 1.165) is 12.8 Å². The minimum absolute atomic E-state index is 0.166. The molecular formula is C11H16N6OS. The summed E-state index contributed by atoms with van der Waals surface area (Å²) >= 11 is 1.20. The number of aryl methyl sites for hydroxylation is 1. The largest absolute Gasteiger partial charge is 0.337 e. The number of hydrogen-bond acceptors (Lipinski definition) is 6. The van der Waals surface area contributed by atoms with Gasteiger partial charge in [-0.05, 0) is 32.6 Å². The first-order valence-corrected chi connectivity index (χ1v) is 6.97. The van der Waals surface area contributed by atoms with Gasteiger partial charge in [0, 0.05) is 0 Å². The van der Waals surface area contributed by atoms with E-state index in [1.165, 1.54) is 16.4 Å². The van der Waals surface area contributed by atoms with Crippen LogP contribution in [0.25, 0.3) is 0 Å². The fourth-order valence-corrected chi connectivity index (χ4v) is 2.49. The van der Waals surface area contributed by atoms with Gasteiger partial charge in [-0.1, -0.05) is 11.8 Å². The van der Waals surface area contributed by atoms with Crippen LogP contribution in [-0.4, -0.2) is 32.1 Å². The van der Waals surface area contributed by atoms with E-state index < -0.39 is 5.54 Å². The molecule has 1 aliphatic carbocycles. The van der Waals surface area contributed by atoms with Crippen molar-refractivity contribution in [1.29, 1.82) is 5.26 Å². The quantitative estimate of drug-likeness (QED) is 0.589. The number of nitrogens with one attached hydrogen (secondary N) is 1. The number of carbonyl (C=O) groups excluding carboxylic acids is 1. The Kier molecular flexibility index (Phi) is 3.66. The number of nitrogens with zero attached hydrogens (tertiary/aromatic N) is 4. The fourth-order valence-electron chi connectivity index (χ4n) is 1.79. The lowest BCUT2D eigenvalue weighted by Gasteiger charge is -2.22. The standard InChI is InChI=1S/C11H16N6OS/c1-7-15-16-10(17(7)13)19-5-9(18)14-11(2,6-12)8-3-4-8/h8H,3-5,13H2,1-2H3,(H,14,18)/t11-/m0/s1. The molecule has 0 aromatic carbocycles. The van der Waals surface area contributed by atoms with Crippen LogP contribution >= 0.6 is 11.8 Å². The summed E-state index contributed by atoms with van der Waals surface area (Å²) in [5, 5.41) is 20.1. The summed E-state index contributed by atoms with van der Waals surface area (Å²) in [4.78, 5) is 11.9. The molecular weight excluding hydrogens is 264 g/mol. The number of amides is 1. The van der Waals surface area contributed by atoms with Gasteiger partial charge in [0.1, 0.15) is 11.4 Å². The van der Waals surface area contributed by atoms with E-state index in [2.05, 4.69) is 21.6 Å². The number of rotatable bonds is 5. The molecule has 1 atom stereocenters. The predicted molar refractivity (Wildman–Crippen MR) is 70.5 cm³/mol. The van der Waals surface area contributed by atoms with Crippen molar-refractivity contribution in [3.8, 4) is 6.07 Å². The van der Waals surface area contributed by atoms with Crippen LogP contribution in [0.4, 0.5) is 0 Å². The van der Waals surface area contributed by atoms with Crippen molar-refractivity contribution in [2.75, 3.05) is 11.6 Å². The van der Waals surface area contributed by atoms with Gasteiger partial charge < -0.3 is 11.2 Å². The Balaban J connectivity index is 1.88. The number of nitrogens with two attached hydrogens (primary N) is 1. The number of hydrogen-bond donors (Lipinski definition) is 2. The average Bonchev–Trinajstić information content (AvgIpc) is 3.18. The summed E-state index contributed by atoms with van der Waals surface area (Å²) in [6.07, 6.45) is 1.99. The highest BCUT2D eigenvalue weighted by atomic mass is 32.2. The first-order valence-electron chi connectivity index (χ1n) is 5.98. The lowest BCUT2D eigenvalue weighted by atomic mass is 9.98. The van der Waals surface area contributed by atoms with Gasteiger partial charge in [0.25, 0.3) is 0 Å². The van der Waals surface area contributed by atoms with E-state index in [0.29, 0.717) is 11.0 Å². The molecule has 1 aromatic heterocycles. The van der Waals surface area contributed by atoms with Crippen LogP contribution in [0.15, 0.2) is 5.16 Å². The highest BCUT2D eigenvalue weighted by molar-refractivity contribution is 7.99. The van der Waals surface area contributed by atoms with Crippen molar-refractivity contribution in [2.45, 2.75) is 37.4 Å². The van der Waals surface area contributed by atoms with Crippen molar-refractivity contribution < 1.29 is 4.79 Å². The van der Waals surface area contributed by atoms with Crippen LogP contribution in [0.5, 0.6) is 0 Å². The van der Waals surface area contributed by atoms with E-state index in [-0.39, 0.29) is 17.6 Å². The average molecular weight is 280 g/mol. The summed E-state index contributed by atoms with van der Waals surface area (Å²) in [6.45, 7) is 3.50. The summed E-state index contributed by atoms with van der Waals surface area (Å²) in [5.74, 6) is 6.52. The molecule has 3 N–H and O–H groups in total. The Morgan fingerprint density at radius 3 is 2.84 bits per heavy atom. The molecule has 0 saturated heterocycles. The molecule has 1 aliphatic rings. The zero-order valence-corrected chi connectivity index (χ0v) is 11.7. The van der Waals surface area contributed by atoms with Crippen molar-refractivity contribution in [2.24, 2.45) is 5.92 Å². The molecule has 0 radical (unpaired) electrons. The molecule has 1 heterocycles. The van der Waals surface area contributed by atoms with Crippen molar-refractivity contribution in [3.63, 3.8) is 0 Å². The third-order valence-electron chi connectivity index (χ3n) is 3.19. The van der Waals surface area contributed by atoms with E-state index in [4.69, 9.17) is 11.1 Å². The Labute approximate surface area is 115 Å². The highest BCUT2D eigenvalue weighted by Crippen LogP contribution is 2.39. The van der Waals surface area contributed by atoms with Crippen molar-refractivity contribution in [1.82, 2.24) is 20.2 Å². The third-order valence-corrected chi connectivity index (χ3v) is 4.14. The summed E-state index contributed by atoms with van der Waals surface area (Å²) < 4.78 is 1.34. The van der Waals surface area contributed by atoms with E-state index in [1.54, 1.807) is 13.8 Å². The van der Waals surface area contributed by atoms with Crippen LogP contribution in [0.2, 0.25) is 0 Å². The monoisotopic (exact) mass is 280 g/mol. The Hall–Kier alpha value is -1.75. The number of thioether (sulfide) groups is 1. The first-order chi connectivity index (χ1) is 8.96. The lowest BCUT2D eigenvalue weighted by Crippen LogP contribution is -2.47. The van der Waals surface area contributed by atoms with Crippen LogP contribution < -0.4 is 11.2 Å². The Morgan fingerprint density at radius 2 is 2.37 bits per heavy atom. The predicted octanol–water partition coefficient (Wildman–Crippen LogP) is 0.201. The van der Waals surface area contributed by atoms with Gasteiger partial charge in [-0.25, -0.2) is 4.68 Å². The Bertz CT molecular complexity index is 532. The topological polar surface area (TPSA) is 110 Å². The zero-order valence-electron chi connectivity index (χ0n) is 10.9. The van der Waals surface area contributed by atoms with Crippen LogP contribution in [0.3, 0.4) is 0 Å². The van der Waals surface area contributed by atoms with Crippen LogP contribution in [0.1, 0.15) is 25.6 Å². The van der Waals surface area contributed by atoms with E-state index in [1.807, 2.05) is 0 Å². The Morgan fingerprint density at radius 1 is 1.68 bits per heavy atom. The highest BCUT2D eigenvalue weighted by Gasteiger charge is 2.42. The van der Waals surface area contributed by atoms with Gasteiger partial charge in [-0.2, -0.15) is 5.26 Å². The second kappa shape index (κ2) is 5.09. The fraction of sp³-hybridized carbons (Fsp3) is 0.636. The number of aromatic nitrogens is 3. The van der Waals surface area contributed by atoms with Crippen LogP contribution in [-0.2, 0) is 4.79 Å². The number of nitrogen functional groups attached to an aromatic ring is 1. The molecule has 19 heavy (non-hydrogen) atoms. The summed E-state index contributed by atoms with van der Waals surface area (Å²) in [5.41, 5.74) is -0.760. The molecule has 102 valence electrons. The first kappa shape index (κ1) is 13.7. The zero-order chi connectivity index (χ0) is 14.0. The number of carbonyl (C=O) groups is 1. The molecule has 8 heteroatoms. The van der Waals surface area contributed by atoms with Crippen LogP contribution in [0, 0.1) is 24.2 Å². The van der Waals surface area contributed by atoms with Gasteiger partial charge in [-0.15, -0.1) is 10.2 Å². The maximum Gasteiger partial charge on any atom is 0.231 e. The number of nitriles is 1. The molecule has 1 aromatic rings. The molecule has 0 bridgehead atoms. The van der Waals surface area contributed by atoms with E-state index >= 15 is 0 Å². The second-order valence-electron chi connectivity index (χ2n) is 4.83. The third kappa shape index (κ3) is 2.98. The lowest BCUT2D eigenvalue weighted by molar-refractivity contribution is -0.119. The van der Waals surface area contributed by atoms with Crippen molar-refractivity contribution >= 4 is 17.7 Å². The summed E-state index contributed by atoms with van der Waals surface area (Å²) in [6, 6.07) is 2.19. The van der Waals surface area contributed by atoms with Gasteiger partial charge in [-0.3, -0.25) is 4.79 Å². The maximum atomic E-state index is 11.9. The molecule has 1 saturated carbocycles. The molecule has 1 fully saturated rings. The molecule has 0 aliphatic heterocycles. The minimum Gasteiger partial charge on any atom is -0.337 e. The molecule has 0 unspecified atom stereocenters. The normalized spacial score (nSPS) is 17.5. The second-order valence-corrected chi connectivity index (χ2v) is 5.77. The van der Waals surface area contributed by atoms with E-state index in [9.17, 15) is 4.79 Å². The smallest absolute Gasteiger partial charge is 0.231 e. The molecule has 7 nitrogen and oxygen atoms in total. The van der Waals surface area contributed by atoms with Crippen molar-refractivity contribution in [3.05, 3.63) is 5.82 Å². The molecule has 0 spiro atoms. The summed E-state index contributed by atoms with van der Waals surface area (Å²) in [7, 11) is 0. The van der Waals surface area contributed by atoms with Gasteiger partial charge in [0.15, 0.2) is 0 Å². The van der Waals surface area contributed by atoms with Gasteiger partial charge in [0.2, 0.25) is 11.1 Å². The molecule has 1 amide bonds. The maximum absolute atomic E-state index is 11.9. The SMILES string of the molecule is Cc1nnc(SCC(=O)N[C@@](C)(C#N)C2CC2)n1N. The molecule has 2 rings (SSSR count). The minimum atomic E-state index is -0.760. The van der Waals surface area contributed by atoms with Gasteiger partial charge in [0.05, 0.1) is 11.8 Å². The van der Waals surface area contributed by atoms with Gasteiger partial charge >= 0.3 is 0 Å².